The van der Waals surface area contributed by atoms with Gasteiger partial charge in [-0.3, -0.25) is 14.6 Å². The van der Waals surface area contributed by atoms with Crippen molar-refractivity contribution in [3.8, 4) is 0 Å². The molecule has 0 fully saturated rings. The van der Waals surface area contributed by atoms with Crippen molar-refractivity contribution in [3.63, 3.8) is 0 Å². The summed E-state index contributed by atoms with van der Waals surface area (Å²) in [6.45, 7) is 3.28. The van der Waals surface area contributed by atoms with Crippen molar-refractivity contribution >= 4 is 17.4 Å². The van der Waals surface area contributed by atoms with Crippen LogP contribution in [0.5, 0.6) is 0 Å². The molecule has 1 amide bonds. The average Bonchev–Trinajstić information content (AvgIpc) is 2.80. The Labute approximate surface area is 108 Å². The van der Waals surface area contributed by atoms with Gasteiger partial charge in [0.15, 0.2) is 0 Å². The lowest BCUT2D eigenvalue weighted by molar-refractivity contribution is -0.137. The number of aliphatic carboxylic acids is 1. The molecule has 0 spiro atoms. The highest BCUT2D eigenvalue weighted by Gasteiger charge is 2.20. The molecule has 7 heteroatoms. The van der Waals surface area contributed by atoms with Gasteiger partial charge in [-0.1, -0.05) is 6.08 Å². The largest absolute Gasteiger partial charge is 0.480 e. The van der Waals surface area contributed by atoms with Gasteiger partial charge in [-0.25, -0.2) is 4.52 Å². The Bertz CT molecular complexity index is 635. The predicted molar refractivity (Wildman–Crippen MR) is 66.7 cm³/mol. The molecule has 0 aromatic carbocycles. The number of nitrogens with zero attached hydrogens (tertiary/aromatic N) is 4. The molecule has 2 aromatic heterocycles. The molecule has 19 heavy (non-hydrogen) atoms. The normalized spacial score (nSPS) is 10.3. The third kappa shape index (κ3) is 2.59. The minimum absolute atomic E-state index is 0.155. The van der Waals surface area contributed by atoms with Gasteiger partial charge in [0.2, 0.25) is 0 Å². The summed E-state index contributed by atoms with van der Waals surface area (Å²) in [6, 6.07) is 0. The maximum absolute atomic E-state index is 12.3. The van der Waals surface area contributed by atoms with Crippen LogP contribution in [0, 0.1) is 0 Å². The second kappa shape index (κ2) is 5.30. The van der Waals surface area contributed by atoms with E-state index in [2.05, 4.69) is 16.7 Å². The van der Waals surface area contributed by atoms with E-state index < -0.39 is 11.9 Å². The molecule has 0 radical (unpaired) electrons. The summed E-state index contributed by atoms with van der Waals surface area (Å²) in [4.78, 5) is 28.1. The number of carbonyl (C=O) groups is 2. The third-order valence-electron chi connectivity index (χ3n) is 2.52. The van der Waals surface area contributed by atoms with E-state index in [1.807, 2.05) is 0 Å². The van der Waals surface area contributed by atoms with Gasteiger partial charge in [-0.15, -0.1) is 6.58 Å². The van der Waals surface area contributed by atoms with Gasteiger partial charge in [0.05, 0.1) is 23.5 Å². The Morgan fingerprint density at radius 3 is 2.95 bits per heavy atom. The van der Waals surface area contributed by atoms with E-state index >= 15 is 0 Å². The molecule has 0 saturated heterocycles. The summed E-state index contributed by atoms with van der Waals surface area (Å²) < 4.78 is 1.51. The highest BCUT2D eigenvalue weighted by molar-refractivity contribution is 6.01. The van der Waals surface area contributed by atoms with Crippen LogP contribution in [-0.2, 0) is 4.79 Å². The Morgan fingerprint density at radius 2 is 2.26 bits per heavy atom. The Morgan fingerprint density at radius 1 is 1.47 bits per heavy atom. The van der Waals surface area contributed by atoms with Crippen molar-refractivity contribution in [2.75, 3.05) is 13.1 Å². The molecule has 0 aliphatic heterocycles. The van der Waals surface area contributed by atoms with Crippen LogP contribution in [0.2, 0.25) is 0 Å². The lowest BCUT2D eigenvalue weighted by Crippen LogP contribution is -2.35. The molecule has 98 valence electrons. The molecule has 2 heterocycles. The lowest BCUT2D eigenvalue weighted by Gasteiger charge is -2.17. The van der Waals surface area contributed by atoms with Crippen LogP contribution in [-0.4, -0.2) is 49.6 Å². The fraction of sp³-hybridized carbons (Fsp3) is 0.167. The first-order valence-electron chi connectivity index (χ1n) is 5.53. The standard InChI is InChI=1S/C12H12N4O3/c1-2-4-15(8-11(17)18)12(19)9-6-14-16-5-3-13-7-10(9)16/h2-3,5-7H,1,4,8H2,(H,17,18). The zero-order chi connectivity index (χ0) is 13.8. The molecular weight excluding hydrogens is 248 g/mol. The fourth-order valence-corrected chi connectivity index (χ4v) is 1.71. The monoisotopic (exact) mass is 260 g/mol. The Kier molecular flexibility index (Phi) is 3.56. The van der Waals surface area contributed by atoms with Crippen LogP contribution in [0.3, 0.4) is 0 Å². The van der Waals surface area contributed by atoms with Crippen LogP contribution >= 0.6 is 0 Å². The molecule has 0 aliphatic carbocycles. The first-order valence-corrected chi connectivity index (χ1v) is 5.53. The van der Waals surface area contributed by atoms with Crippen LogP contribution < -0.4 is 0 Å². The van der Waals surface area contributed by atoms with E-state index in [4.69, 9.17) is 5.11 Å². The van der Waals surface area contributed by atoms with Crippen molar-refractivity contribution in [1.29, 1.82) is 0 Å². The Balaban J connectivity index is 2.35. The molecule has 0 bridgehead atoms. The van der Waals surface area contributed by atoms with Crippen molar-refractivity contribution in [1.82, 2.24) is 19.5 Å². The van der Waals surface area contributed by atoms with Gasteiger partial charge in [0.1, 0.15) is 6.54 Å². The Hall–Kier alpha value is -2.70. The molecular formula is C12H12N4O3. The second-order valence-electron chi connectivity index (χ2n) is 3.83. The van der Waals surface area contributed by atoms with Crippen molar-refractivity contribution < 1.29 is 14.7 Å². The summed E-state index contributed by atoms with van der Waals surface area (Å²) in [5.41, 5.74) is 0.850. The van der Waals surface area contributed by atoms with E-state index in [1.54, 1.807) is 12.4 Å². The highest BCUT2D eigenvalue weighted by Crippen LogP contribution is 2.11. The smallest absolute Gasteiger partial charge is 0.323 e. The number of carboxylic acid groups (broad SMARTS) is 1. The molecule has 0 atom stereocenters. The minimum Gasteiger partial charge on any atom is -0.480 e. The van der Waals surface area contributed by atoms with Gasteiger partial charge in [-0.2, -0.15) is 5.10 Å². The van der Waals surface area contributed by atoms with Gasteiger partial charge in [-0.05, 0) is 0 Å². The number of rotatable bonds is 5. The van der Waals surface area contributed by atoms with E-state index in [9.17, 15) is 9.59 Å². The summed E-state index contributed by atoms with van der Waals surface area (Å²) in [5, 5.41) is 12.8. The van der Waals surface area contributed by atoms with E-state index in [-0.39, 0.29) is 13.1 Å². The molecule has 7 nitrogen and oxygen atoms in total. The van der Waals surface area contributed by atoms with Crippen LogP contribution in [0.25, 0.3) is 5.52 Å². The summed E-state index contributed by atoms with van der Waals surface area (Å²) in [5.74, 6) is -1.49. The van der Waals surface area contributed by atoms with E-state index in [0.29, 0.717) is 11.1 Å². The summed E-state index contributed by atoms with van der Waals surface area (Å²) >= 11 is 0. The van der Waals surface area contributed by atoms with Gasteiger partial charge in [0, 0.05) is 18.9 Å². The highest BCUT2D eigenvalue weighted by atomic mass is 16.4. The third-order valence-corrected chi connectivity index (χ3v) is 2.52. The maximum atomic E-state index is 12.3. The molecule has 0 saturated carbocycles. The predicted octanol–water partition coefficient (Wildman–Crippen LogP) is 0.442. The summed E-state index contributed by atoms with van der Waals surface area (Å²) in [6.07, 6.45) is 7.54. The topological polar surface area (TPSA) is 87.8 Å². The average molecular weight is 260 g/mol. The number of fused-ring (bicyclic) bond motifs is 1. The molecule has 2 aromatic rings. The quantitative estimate of drug-likeness (QED) is 0.788. The van der Waals surface area contributed by atoms with Gasteiger partial charge >= 0.3 is 5.97 Å². The van der Waals surface area contributed by atoms with E-state index in [1.165, 1.54) is 27.9 Å². The summed E-state index contributed by atoms with van der Waals surface area (Å²) in [7, 11) is 0. The molecule has 2 rings (SSSR count). The number of hydrogen-bond acceptors (Lipinski definition) is 4. The van der Waals surface area contributed by atoms with Crippen LogP contribution in [0.15, 0.2) is 37.4 Å². The zero-order valence-electron chi connectivity index (χ0n) is 10.1. The SMILES string of the molecule is C=CCN(CC(=O)O)C(=O)c1cnn2ccncc12. The van der Waals surface area contributed by atoms with Gasteiger partial charge < -0.3 is 10.0 Å². The van der Waals surface area contributed by atoms with Crippen molar-refractivity contribution in [2.24, 2.45) is 0 Å². The second-order valence-corrected chi connectivity index (χ2v) is 3.83. The molecule has 1 N–H and O–H groups in total. The number of aromatic nitrogens is 3. The molecule has 0 unspecified atom stereocenters. The van der Waals surface area contributed by atoms with Crippen LogP contribution in [0.4, 0.5) is 0 Å². The lowest BCUT2D eigenvalue weighted by atomic mass is 10.2. The van der Waals surface area contributed by atoms with Crippen molar-refractivity contribution in [3.05, 3.63) is 43.0 Å². The fourth-order valence-electron chi connectivity index (χ4n) is 1.71. The zero-order valence-corrected chi connectivity index (χ0v) is 10.1. The number of hydrogen-bond donors (Lipinski definition) is 1. The first-order chi connectivity index (χ1) is 9.13. The van der Waals surface area contributed by atoms with Crippen molar-refractivity contribution in [2.45, 2.75) is 0 Å². The number of amides is 1. The molecule has 0 aliphatic rings. The van der Waals surface area contributed by atoms with Gasteiger partial charge in [0.25, 0.3) is 5.91 Å². The number of carbonyl (C=O) groups excluding carboxylic acids is 1. The first kappa shape index (κ1) is 12.7. The number of carboxylic acids is 1. The van der Waals surface area contributed by atoms with E-state index in [0.717, 1.165) is 0 Å². The minimum atomic E-state index is -1.08. The maximum Gasteiger partial charge on any atom is 0.323 e. The van der Waals surface area contributed by atoms with Crippen LogP contribution in [0.1, 0.15) is 10.4 Å².